The molecular weight excluding hydrogens is 404 g/mol. The molecule has 2 heterocycles. The minimum atomic E-state index is -0.239. The summed E-state index contributed by atoms with van der Waals surface area (Å²) in [6.45, 7) is 4.35. The van der Waals surface area contributed by atoms with Crippen LogP contribution in [0, 0.1) is 0 Å². The molecule has 8 heteroatoms. The molecule has 0 bridgehead atoms. The first-order valence-electron chi connectivity index (χ1n) is 9.92. The van der Waals surface area contributed by atoms with Gasteiger partial charge in [-0.1, -0.05) is 29.8 Å². The molecule has 2 aromatic carbocycles. The molecule has 1 fully saturated rings. The number of fused-ring (bicyclic) bond motifs is 1. The van der Waals surface area contributed by atoms with Crippen LogP contribution in [0.15, 0.2) is 36.4 Å². The first-order chi connectivity index (χ1) is 14.6. The zero-order valence-electron chi connectivity index (χ0n) is 17.2. The average molecular weight is 429 g/mol. The standard InChI is InChI=1S/C22H25ClN4O3/c1-26-18-8-5-16(14-27-9-11-30-12-10-27)21(29-2)19(18)20(25-26)22(28)24-13-15-3-6-17(23)7-4-15/h3-8H,9-14H2,1-2H3,(H,24,28). The topological polar surface area (TPSA) is 68.6 Å². The van der Waals surface area contributed by atoms with E-state index in [-0.39, 0.29) is 5.91 Å². The second kappa shape index (κ2) is 9.04. The smallest absolute Gasteiger partial charge is 0.272 e. The summed E-state index contributed by atoms with van der Waals surface area (Å²) in [5.74, 6) is 0.459. The van der Waals surface area contributed by atoms with E-state index in [1.165, 1.54) is 0 Å². The van der Waals surface area contributed by atoms with Crippen LogP contribution in [0.1, 0.15) is 21.6 Å². The van der Waals surface area contributed by atoms with E-state index >= 15 is 0 Å². The molecule has 7 nitrogen and oxygen atoms in total. The lowest BCUT2D eigenvalue weighted by molar-refractivity contribution is 0.0339. The van der Waals surface area contributed by atoms with Gasteiger partial charge >= 0.3 is 0 Å². The van der Waals surface area contributed by atoms with Gasteiger partial charge in [-0.3, -0.25) is 14.4 Å². The number of ether oxygens (including phenoxy) is 2. The monoisotopic (exact) mass is 428 g/mol. The number of morpholine rings is 1. The van der Waals surface area contributed by atoms with E-state index in [0.717, 1.165) is 54.9 Å². The summed E-state index contributed by atoms with van der Waals surface area (Å²) in [6.07, 6.45) is 0. The van der Waals surface area contributed by atoms with Gasteiger partial charge in [0, 0.05) is 43.8 Å². The zero-order chi connectivity index (χ0) is 21.1. The zero-order valence-corrected chi connectivity index (χ0v) is 17.9. The lowest BCUT2D eigenvalue weighted by atomic mass is 10.1. The Morgan fingerprint density at radius 1 is 1.20 bits per heavy atom. The molecular formula is C22H25ClN4O3. The number of aryl methyl sites for hydroxylation is 1. The number of aromatic nitrogens is 2. The third-order valence-corrected chi connectivity index (χ3v) is 5.59. The summed E-state index contributed by atoms with van der Waals surface area (Å²) in [6, 6.07) is 11.4. The molecule has 158 valence electrons. The van der Waals surface area contributed by atoms with Crippen molar-refractivity contribution >= 4 is 28.4 Å². The van der Waals surface area contributed by atoms with Crippen LogP contribution in [0.5, 0.6) is 5.75 Å². The number of methoxy groups -OCH3 is 1. The second-order valence-electron chi connectivity index (χ2n) is 7.32. The second-order valence-corrected chi connectivity index (χ2v) is 7.76. The number of nitrogens with one attached hydrogen (secondary N) is 1. The predicted molar refractivity (Wildman–Crippen MR) is 116 cm³/mol. The van der Waals surface area contributed by atoms with Crippen LogP contribution in [0.2, 0.25) is 5.02 Å². The van der Waals surface area contributed by atoms with Gasteiger partial charge in [0.2, 0.25) is 0 Å². The van der Waals surface area contributed by atoms with Crippen molar-refractivity contribution in [1.82, 2.24) is 20.0 Å². The Kier molecular flexibility index (Phi) is 6.22. The molecule has 3 aromatic rings. The number of benzene rings is 2. The van der Waals surface area contributed by atoms with Gasteiger partial charge in [-0.05, 0) is 23.8 Å². The molecule has 1 amide bonds. The summed E-state index contributed by atoms with van der Waals surface area (Å²) in [5, 5.41) is 8.84. The Morgan fingerprint density at radius 3 is 2.63 bits per heavy atom. The fraction of sp³-hybridized carbons (Fsp3) is 0.364. The van der Waals surface area contributed by atoms with Crippen molar-refractivity contribution < 1.29 is 14.3 Å². The summed E-state index contributed by atoms with van der Waals surface area (Å²) in [7, 11) is 3.47. The first kappa shape index (κ1) is 20.7. The van der Waals surface area contributed by atoms with Crippen LogP contribution in [-0.4, -0.2) is 54.0 Å². The van der Waals surface area contributed by atoms with Crippen molar-refractivity contribution in [2.75, 3.05) is 33.4 Å². The molecule has 1 aliphatic rings. The van der Waals surface area contributed by atoms with Crippen molar-refractivity contribution in [3.8, 4) is 5.75 Å². The molecule has 0 aliphatic carbocycles. The Labute approximate surface area is 180 Å². The van der Waals surface area contributed by atoms with Crippen molar-refractivity contribution in [2.45, 2.75) is 13.1 Å². The van der Waals surface area contributed by atoms with E-state index in [9.17, 15) is 4.79 Å². The number of hydrogen-bond donors (Lipinski definition) is 1. The third kappa shape index (κ3) is 4.28. The molecule has 0 atom stereocenters. The molecule has 1 N–H and O–H groups in total. The van der Waals surface area contributed by atoms with Crippen molar-refractivity contribution in [3.63, 3.8) is 0 Å². The Hall–Kier alpha value is -2.61. The highest BCUT2D eigenvalue weighted by atomic mass is 35.5. The summed E-state index contributed by atoms with van der Waals surface area (Å²) >= 11 is 5.93. The maximum Gasteiger partial charge on any atom is 0.272 e. The summed E-state index contributed by atoms with van der Waals surface area (Å²) in [5.41, 5.74) is 3.22. The Balaban J connectivity index is 1.62. The average Bonchev–Trinajstić information content (AvgIpc) is 3.10. The molecule has 0 spiro atoms. The van der Waals surface area contributed by atoms with Gasteiger partial charge in [-0.2, -0.15) is 5.10 Å². The number of carbonyl (C=O) groups is 1. The van der Waals surface area contributed by atoms with E-state index in [4.69, 9.17) is 21.1 Å². The fourth-order valence-corrected chi connectivity index (χ4v) is 3.88. The molecule has 0 saturated carbocycles. The Bertz CT molecular complexity index is 1040. The number of nitrogens with zero attached hydrogens (tertiary/aromatic N) is 3. The largest absolute Gasteiger partial charge is 0.496 e. The van der Waals surface area contributed by atoms with Crippen LogP contribution >= 0.6 is 11.6 Å². The minimum absolute atomic E-state index is 0.239. The predicted octanol–water partition coefficient (Wildman–Crippen LogP) is 3.00. The number of carbonyl (C=O) groups excluding carboxylic acids is 1. The lowest BCUT2D eigenvalue weighted by Crippen LogP contribution is -2.35. The van der Waals surface area contributed by atoms with Crippen molar-refractivity contribution in [1.29, 1.82) is 0 Å². The van der Waals surface area contributed by atoms with E-state index in [1.54, 1.807) is 23.9 Å². The van der Waals surface area contributed by atoms with Crippen molar-refractivity contribution in [3.05, 3.63) is 58.2 Å². The highest BCUT2D eigenvalue weighted by Crippen LogP contribution is 2.33. The number of amides is 1. The summed E-state index contributed by atoms with van der Waals surface area (Å²) < 4.78 is 12.9. The van der Waals surface area contributed by atoms with Gasteiger partial charge in [0.1, 0.15) is 5.75 Å². The van der Waals surface area contributed by atoms with Crippen LogP contribution in [0.25, 0.3) is 10.9 Å². The van der Waals surface area contributed by atoms with Crippen LogP contribution in [-0.2, 0) is 24.9 Å². The lowest BCUT2D eigenvalue weighted by Gasteiger charge is -2.27. The fourth-order valence-electron chi connectivity index (χ4n) is 3.75. The van der Waals surface area contributed by atoms with E-state index in [2.05, 4.69) is 15.3 Å². The number of hydrogen-bond acceptors (Lipinski definition) is 5. The summed E-state index contributed by atoms with van der Waals surface area (Å²) in [4.78, 5) is 15.3. The van der Waals surface area contributed by atoms with Gasteiger partial charge in [0.25, 0.3) is 5.91 Å². The van der Waals surface area contributed by atoms with Gasteiger partial charge in [-0.25, -0.2) is 0 Å². The van der Waals surface area contributed by atoms with E-state index in [0.29, 0.717) is 23.0 Å². The van der Waals surface area contributed by atoms with E-state index in [1.807, 2.05) is 31.3 Å². The van der Waals surface area contributed by atoms with Crippen LogP contribution in [0.4, 0.5) is 0 Å². The van der Waals surface area contributed by atoms with Crippen molar-refractivity contribution in [2.24, 2.45) is 7.05 Å². The highest BCUT2D eigenvalue weighted by molar-refractivity contribution is 6.30. The maximum absolute atomic E-state index is 13.0. The quantitative estimate of drug-likeness (QED) is 0.653. The maximum atomic E-state index is 13.0. The molecule has 1 saturated heterocycles. The molecule has 0 radical (unpaired) electrons. The molecule has 4 rings (SSSR count). The third-order valence-electron chi connectivity index (χ3n) is 5.34. The van der Waals surface area contributed by atoms with Gasteiger partial charge in [-0.15, -0.1) is 0 Å². The molecule has 1 aromatic heterocycles. The Morgan fingerprint density at radius 2 is 1.93 bits per heavy atom. The first-order valence-corrected chi connectivity index (χ1v) is 10.3. The normalized spacial score (nSPS) is 14.8. The number of rotatable bonds is 6. The minimum Gasteiger partial charge on any atom is -0.496 e. The highest BCUT2D eigenvalue weighted by Gasteiger charge is 2.23. The molecule has 1 aliphatic heterocycles. The van der Waals surface area contributed by atoms with Gasteiger partial charge in [0.05, 0.1) is 31.2 Å². The van der Waals surface area contributed by atoms with Gasteiger partial charge < -0.3 is 14.8 Å². The number of halogens is 1. The SMILES string of the molecule is COc1c(CN2CCOCC2)ccc2c1c(C(=O)NCc1ccc(Cl)cc1)nn2C. The van der Waals surface area contributed by atoms with Crippen LogP contribution in [0.3, 0.4) is 0 Å². The molecule has 30 heavy (non-hydrogen) atoms. The molecule has 0 unspecified atom stereocenters. The van der Waals surface area contributed by atoms with E-state index < -0.39 is 0 Å². The van der Waals surface area contributed by atoms with Crippen LogP contribution < -0.4 is 10.1 Å². The van der Waals surface area contributed by atoms with Gasteiger partial charge in [0.15, 0.2) is 5.69 Å².